The summed E-state index contributed by atoms with van der Waals surface area (Å²) in [7, 11) is 0. The molecule has 0 spiro atoms. The molecule has 3 aromatic rings. The molecule has 0 bridgehead atoms. The van der Waals surface area contributed by atoms with Crippen LogP contribution < -0.4 is 0 Å². The first-order chi connectivity index (χ1) is 9.27. The Morgan fingerprint density at radius 1 is 0.789 bits per heavy atom. The van der Waals surface area contributed by atoms with Crippen LogP contribution in [-0.2, 0) is 0 Å². The van der Waals surface area contributed by atoms with E-state index in [1.165, 1.54) is 4.57 Å². The Bertz CT molecular complexity index is 858. The Morgan fingerprint density at radius 3 is 2.32 bits per heavy atom. The second kappa shape index (κ2) is 3.42. The smallest absolute Gasteiger partial charge is 0.263 e. The number of ketones is 1. The molecular formula is C16H9NO2. The molecule has 19 heavy (non-hydrogen) atoms. The van der Waals surface area contributed by atoms with Crippen molar-refractivity contribution in [3.05, 3.63) is 71.4 Å². The fourth-order valence-corrected chi connectivity index (χ4v) is 2.67. The highest BCUT2D eigenvalue weighted by Crippen LogP contribution is 2.28. The second-order valence-electron chi connectivity index (χ2n) is 4.60. The van der Waals surface area contributed by atoms with Crippen molar-refractivity contribution in [1.82, 2.24) is 4.57 Å². The van der Waals surface area contributed by atoms with E-state index in [0.717, 1.165) is 10.9 Å². The first-order valence-electron chi connectivity index (χ1n) is 6.06. The summed E-state index contributed by atoms with van der Waals surface area (Å²) >= 11 is 0. The zero-order valence-corrected chi connectivity index (χ0v) is 9.96. The molecular weight excluding hydrogens is 238 g/mol. The van der Waals surface area contributed by atoms with Crippen LogP contribution in [0, 0.1) is 0 Å². The van der Waals surface area contributed by atoms with Gasteiger partial charge in [0.2, 0.25) is 5.78 Å². The van der Waals surface area contributed by atoms with Crippen LogP contribution in [0.25, 0.3) is 10.9 Å². The van der Waals surface area contributed by atoms with E-state index < -0.39 is 0 Å². The molecule has 0 saturated carbocycles. The average molecular weight is 247 g/mol. The predicted molar refractivity (Wildman–Crippen MR) is 71.5 cm³/mol. The van der Waals surface area contributed by atoms with Crippen molar-refractivity contribution in [3.8, 4) is 0 Å². The maximum absolute atomic E-state index is 12.5. The number of hydrogen-bond acceptors (Lipinski definition) is 2. The molecule has 0 amide bonds. The van der Waals surface area contributed by atoms with Gasteiger partial charge in [0.15, 0.2) is 0 Å². The number of rotatable bonds is 0. The number of carbonyl (C=O) groups is 2. The summed E-state index contributed by atoms with van der Waals surface area (Å²) in [4.78, 5) is 25.0. The molecule has 0 N–H and O–H groups in total. The van der Waals surface area contributed by atoms with Crippen LogP contribution in [0.4, 0.5) is 0 Å². The quantitative estimate of drug-likeness (QED) is 0.479. The van der Waals surface area contributed by atoms with E-state index in [-0.39, 0.29) is 11.7 Å². The van der Waals surface area contributed by atoms with Gasteiger partial charge in [0.1, 0.15) is 0 Å². The maximum atomic E-state index is 12.5. The number of para-hydroxylation sites is 1. The van der Waals surface area contributed by atoms with Gasteiger partial charge < -0.3 is 0 Å². The first-order valence-corrected chi connectivity index (χ1v) is 6.06. The van der Waals surface area contributed by atoms with E-state index in [1.807, 2.05) is 24.3 Å². The Morgan fingerprint density at radius 2 is 1.47 bits per heavy atom. The summed E-state index contributed by atoms with van der Waals surface area (Å²) < 4.78 is 1.51. The van der Waals surface area contributed by atoms with Crippen LogP contribution in [0.1, 0.15) is 26.4 Å². The summed E-state index contributed by atoms with van der Waals surface area (Å²) in [6.07, 6.45) is 0. The molecule has 1 aliphatic rings. The lowest BCUT2D eigenvalue weighted by Gasteiger charge is -2.16. The average Bonchev–Trinajstić information content (AvgIpc) is 2.84. The lowest BCUT2D eigenvalue weighted by molar-refractivity contribution is 0.0915. The van der Waals surface area contributed by atoms with Crippen molar-refractivity contribution in [2.45, 2.75) is 0 Å². The summed E-state index contributed by atoms with van der Waals surface area (Å²) in [5, 5.41) is 0.909. The lowest BCUT2D eigenvalue weighted by Crippen LogP contribution is -2.26. The highest BCUT2D eigenvalue weighted by atomic mass is 16.2. The number of benzene rings is 2. The van der Waals surface area contributed by atoms with E-state index in [0.29, 0.717) is 16.8 Å². The van der Waals surface area contributed by atoms with Gasteiger partial charge in [-0.1, -0.05) is 36.4 Å². The van der Waals surface area contributed by atoms with Gasteiger partial charge in [0.05, 0.1) is 16.8 Å². The predicted octanol–water partition coefficient (Wildman–Crippen LogP) is 2.87. The third-order valence-corrected chi connectivity index (χ3v) is 3.55. The number of fused-ring (bicyclic) bond motifs is 4. The molecule has 0 aliphatic carbocycles. The molecule has 0 unspecified atom stereocenters. The SMILES string of the molecule is O=C1c2ccccc2C(=O)n2c1cc1ccccc12. The van der Waals surface area contributed by atoms with Crippen molar-refractivity contribution in [1.29, 1.82) is 0 Å². The van der Waals surface area contributed by atoms with Crippen molar-refractivity contribution in [3.63, 3.8) is 0 Å². The van der Waals surface area contributed by atoms with Gasteiger partial charge in [-0.2, -0.15) is 0 Å². The minimum atomic E-state index is -0.133. The van der Waals surface area contributed by atoms with Gasteiger partial charge >= 0.3 is 0 Å². The van der Waals surface area contributed by atoms with Crippen LogP contribution in [0.3, 0.4) is 0 Å². The van der Waals surface area contributed by atoms with Crippen LogP contribution in [0.15, 0.2) is 54.6 Å². The van der Waals surface area contributed by atoms with Crippen LogP contribution in [0.2, 0.25) is 0 Å². The van der Waals surface area contributed by atoms with Gasteiger partial charge in [0.25, 0.3) is 5.91 Å². The Balaban J connectivity index is 2.14. The third kappa shape index (κ3) is 1.21. The lowest BCUT2D eigenvalue weighted by atomic mass is 9.98. The van der Waals surface area contributed by atoms with Gasteiger partial charge in [0, 0.05) is 10.9 Å². The Kier molecular flexibility index (Phi) is 1.85. The van der Waals surface area contributed by atoms with Crippen molar-refractivity contribution >= 4 is 22.6 Å². The fourth-order valence-electron chi connectivity index (χ4n) is 2.67. The zero-order valence-electron chi connectivity index (χ0n) is 9.96. The molecule has 1 aliphatic heterocycles. The summed E-state index contributed by atoms with van der Waals surface area (Å²) in [5.41, 5.74) is 2.19. The second-order valence-corrected chi connectivity index (χ2v) is 4.60. The molecule has 0 fully saturated rings. The van der Waals surface area contributed by atoms with E-state index in [4.69, 9.17) is 0 Å². The van der Waals surface area contributed by atoms with E-state index in [2.05, 4.69) is 0 Å². The molecule has 1 aromatic heterocycles. The maximum Gasteiger partial charge on any atom is 0.263 e. The molecule has 0 radical (unpaired) electrons. The zero-order chi connectivity index (χ0) is 13.0. The van der Waals surface area contributed by atoms with Crippen molar-refractivity contribution in [2.75, 3.05) is 0 Å². The van der Waals surface area contributed by atoms with Crippen molar-refractivity contribution < 1.29 is 9.59 Å². The molecule has 0 saturated heterocycles. The molecule has 3 nitrogen and oxygen atoms in total. The highest BCUT2D eigenvalue weighted by Gasteiger charge is 2.30. The molecule has 3 heteroatoms. The molecule has 0 atom stereocenters. The topological polar surface area (TPSA) is 39.1 Å². The van der Waals surface area contributed by atoms with Gasteiger partial charge in [-0.25, -0.2) is 0 Å². The van der Waals surface area contributed by atoms with Gasteiger partial charge in [-0.3, -0.25) is 14.2 Å². The number of aromatic nitrogens is 1. The largest absolute Gasteiger partial charge is 0.287 e. The van der Waals surface area contributed by atoms with E-state index >= 15 is 0 Å². The van der Waals surface area contributed by atoms with Crippen LogP contribution in [-0.4, -0.2) is 16.3 Å². The van der Waals surface area contributed by atoms with E-state index in [9.17, 15) is 9.59 Å². The summed E-state index contributed by atoms with van der Waals surface area (Å²) in [6.45, 7) is 0. The Labute approximate surface area is 109 Å². The first kappa shape index (κ1) is 10.3. The minimum Gasteiger partial charge on any atom is -0.287 e. The molecule has 2 heterocycles. The van der Waals surface area contributed by atoms with Crippen molar-refractivity contribution in [2.24, 2.45) is 0 Å². The monoisotopic (exact) mass is 247 g/mol. The fraction of sp³-hybridized carbons (Fsp3) is 0. The van der Waals surface area contributed by atoms with Gasteiger partial charge in [-0.05, 0) is 18.2 Å². The minimum absolute atomic E-state index is 0.0913. The van der Waals surface area contributed by atoms with E-state index in [1.54, 1.807) is 30.3 Å². The Hall–Kier alpha value is -2.68. The number of hydrogen-bond donors (Lipinski definition) is 0. The third-order valence-electron chi connectivity index (χ3n) is 3.55. The number of carbonyl (C=O) groups excluding carboxylic acids is 2. The number of nitrogens with zero attached hydrogens (tertiary/aromatic N) is 1. The van der Waals surface area contributed by atoms with Crippen LogP contribution >= 0.6 is 0 Å². The summed E-state index contributed by atoms with van der Waals surface area (Å²) in [6, 6.07) is 16.3. The standard InChI is InChI=1S/C16H9NO2/c18-15-11-6-2-3-7-12(11)16(19)17-13-8-4-1-5-10(13)9-14(15)17/h1-9H. The van der Waals surface area contributed by atoms with Gasteiger partial charge in [-0.15, -0.1) is 0 Å². The molecule has 2 aromatic carbocycles. The normalized spacial score (nSPS) is 13.5. The molecule has 90 valence electrons. The summed E-state index contributed by atoms with van der Waals surface area (Å²) in [5.74, 6) is -0.224. The highest BCUT2D eigenvalue weighted by molar-refractivity contribution is 6.23. The molecule has 4 rings (SSSR count). The van der Waals surface area contributed by atoms with Crippen LogP contribution in [0.5, 0.6) is 0 Å².